The molecule has 1 amide bonds. The number of guanidine groups is 1. The number of aliphatic imine (C=N–C) groups is 1. The molecule has 1 aromatic rings. The van der Waals surface area contributed by atoms with E-state index in [1.165, 1.54) is 12.1 Å². The molecule has 0 heterocycles. The molecule has 27 heavy (non-hydrogen) atoms. The van der Waals surface area contributed by atoms with Crippen LogP contribution in [0.2, 0.25) is 10.0 Å². The van der Waals surface area contributed by atoms with Gasteiger partial charge in [-0.2, -0.15) is 8.78 Å². The number of hydrogen-bond donors (Lipinski definition) is 3. The summed E-state index contributed by atoms with van der Waals surface area (Å²) in [7, 11) is 1.56. The number of ether oxygens (including phenoxy) is 1. The van der Waals surface area contributed by atoms with Crippen LogP contribution in [-0.2, 0) is 11.3 Å². The maximum Gasteiger partial charge on any atom is 0.387 e. The lowest BCUT2D eigenvalue weighted by molar-refractivity contribution is -0.123. The van der Waals surface area contributed by atoms with E-state index in [-0.39, 0.29) is 53.1 Å². The van der Waals surface area contributed by atoms with E-state index in [0.29, 0.717) is 29.6 Å². The van der Waals surface area contributed by atoms with Gasteiger partial charge in [-0.1, -0.05) is 37.0 Å². The molecule has 0 aromatic heterocycles. The van der Waals surface area contributed by atoms with Gasteiger partial charge in [0.05, 0.1) is 5.02 Å². The number of nitrogens with zero attached hydrogens (tertiary/aromatic N) is 1. The molecule has 0 unspecified atom stereocenters. The molecule has 0 aliphatic carbocycles. The predicted octanol–water partition coefficient (Wildman–Crippen LogP) is 3.65. The molecule has 0 bridgehead atoms. The van der Waals surface area contributed by atoms with E-state index in [9.17, 15) is 13.6 Å². The third-order valence-electron chi connectivity index (χ3n) is 3.20. The van der Waals surface area contributed by atoms with Crippen LogP contribution >= 0.6 is 47.2 Å². The summed E-state index contributed by atoms with van der Waals surface area (Å²) in [6.07, 6.45) is 0. The van der Waals surface area contributed by atoms with E-state index >= 15 is 0 Å². The van der Waals surface area contributed by atoms with E-state index < -0.39 is 6.61 Å². The number of carbonyl (C=O) groups excluding carboxylic acids is 1. The summed E-state index contributed by atoms with van der Waals surface area (Å²) in [6, 6.07) is 2.81. The minimum absolute atomic E-state index is 0. The molecule has 154 valence electrons. The number of halogens is 5. The van der Waals surface area contributed by atoms with Gasteiger partial charge in [0.1, 0.15) is 5.75 Å². The van der Waals surface area contributed by atoms with Crippen LogP contribution in [0.25, 0.3) is 0 Å². The van der Waals surface area contributed by atoms with Crippen LogP contribution in [0.5, 0.6) is 5.75 Å². The van der Waals surface area contributed by atoms with Gasteiger partial charge in [0.25, 0.3) is 0 Å². The van der Waals surface area contributed by atoms with E-state index in [1.54, 1.807) is 20.9 Å². The Morgan fingerprint density at radius 2 is 1.81 bits per heavy atom. The van der Waals surface area contributed by atoms with Crippen molar-refractivity contribution in [2.75, 3.05) is 20.1 Å². The highest BCUT2D eigenvalue weighted by Gasteiger charge is 2.15. The smallest absolute Gasteiger partial charge is 0.387 e. The molecule has 0 fully saturated rings. The van der Waals surface area contributed by atoms with Gasteiger partial charge in [-0.25, -0.2) is 0 Å². The molecule has 0 saturated carbocycles. The van der Waals surface area contributed by atoms with Crippen molar-refractivity contribution in [3.05, 3.63) is 27.7 Å². The second-order valence-electron chi connectivity index (χ2n) is 5.55. The molecule has 6 nitrogen and oxygen atoms in total. The van der Waals surface area contributed by atoms with Crippen molar-refractivity contribution in [1.29, 1.82) is 0 Å². The fraction of sp³-hybridized carbons (Fsp3) is 0.500. The second kappa shape index (κ2) is 13.2. The summed E-state index contributed by atoms with van der Waals surface area (Å²) in [5.41, 5.74) is 0.360. The molecule has 3 N–H and O–H groups in total. The van der Waals surface area contributed by atoms with Crippen LogP contribution in [0, 0.1) is 5.92 Å². The Kier molecular flexibility index (Phi) is 12.6. The monoisotopic (exact) mass is 538 g/mol. The SMILES string of the molecule is CN=C(NCCNC(=O)C(C)C)NCc1cc(Cl)cc(Cl)c1OC(F)F.I. The Bertz CT molecular complexity index is 649. The third kappa shape index (κ3) is 9.61. The van der Waals surface area contributed by atoms with Crippen molar-refractivity contribution in [2.24, 2.45) is 10.9 Å². The summed E-state index contributed by atoms with van der Waals surface area (Å²) in [6.45, 7) is 1.57. The molecular weight excluding hydrogens is 516 g/mol. The fourth-order valence-corrected chi connectivity index (χ4v) is 2.52. The van der Waals surface area contributed by atoms with Crippen molar-refractivity contribution >= 4 is 59.0 Å². The van der Waals surface area contributed by atoms with Gasteiger partial charge >= 0.3 is 6.61 Å². The Labute approximate surface area is 184 Å². The number of hydrogen-bond acceptors (Lipinski definition) is 3. The molecule has 0 aliphatic heterocycles. The molecule has 0 radical (unpaired) electrons. The summed E-state index contributed by atoms with van der Waals surface area (Å²) in [5, 5.41) is 8.99. The Morgan fingerprint density at radius 1 is 1.19 bits per heavy atom. The van der Waals surface area contributed by atoms with Gasteiger partial charge < -0.3 is 20.7 Å². The van der Waals surface area contributed by atoms with Crippen LogP contribution in [-0.4, -0.2) is 38.6 Å². The van der Waals surface area contributed by atoms with Crippen molar-refractivity contribution in [1.82, 2.24) is 16.0 Å². The summed E-state index contributed by atoms with van der Waals surface area (Å²) < 4.78 is 29.6. The third-order valence-corrected chi connectivity index (χ3v) is 3.70. The maximum absolute atomic E-state index is 12.6. The summed E-state index contributed by atoms with van der Waals surface area (Å²) in [4.78, 5) is 15.5. The largest absolute Gasteiger partial charge is 0.433 e. The Morgan fingerprint density at radius 3 is 2.37 bits per heavy atom. The normalized spacial score (nSPS) is 11.2. The van der Waals surface area contributed by atoms with E-state index in [1.807, 2.05) is 0 Å². The highest BCUT2D eigenvalue weighted by atomic mass is 127. The zero-order valence-corrected chi connectivity index (χ0v) is 19.0. The lowest BCUT2D eigenvalue weighted by Crippen LogP contribution is -2.41. The van der Waals surface area contributed by atoms with Crippen molar-refractivity contribution in [3.8, 4) is 5.75 Å². The van der Waals surface area contributed by atoms with Crippen molar-refractivity contribution in [2.45, 2.75) is 27.0 Å². The number of amides is 1. The molecule has 0 atom stereocenters. The average Bonchev–Trinajstić information content (AvgIpc) is 2.56. The van der Waals surface area contributed by atoms with Gasteiger partial charge in [-0.3, -0.25) is 9.79 Å². The van der Waals surface area contributed by atoms with E-state index in [0.717, 1.165) is 0 Å². The quantitative estimate of drug-likeness (QED) is 0.204. The van der Waals surface area contributed by atoms with Crippen molar-refractivity contribution < 1.29 is 18.3 Å². The lowest BCUT2D eigenvalue weighted by atomic mass is 10.2. The number of rotatable bonds is 8. The number of alkyl halides is 2. The predicted molar refractivity (Wildman–Crippen MR) is 115 cm³/mol. The van der Waals surface area contributed by atoms with Gasteiger partial charge in [0.15, 0.2) is 5.96 Å². The number of benzene rings is 1. The van der Waals surface area contributed by atoms with Crippen LogP contribution < -0.4 is 20.7 Å². The van der Waals surface area contributed by atoms with E-state index in [4.69, 9.17) is 23.2 Å². The number of carbonyl (C=O) groups is 1. The molecule has 0 saturated heterocycles. The zero-order valence-electron chi connectivity index (χ0n) is 15.1. The molecule has 11 heteroatoms. The first-order chi connectivity index (χ1) is 12.2. The first-order valence-corrected chi connectivity index (χ1v) is 8.65. The highest BCUT2D eigenvalue weighted by molar-refractivity contribution is 14.0. The van der Waals surface area contributed by atoms with Gasteiger partial charge in [0, 0.05) is 43.2 Å². The second-order valence-corrected chi connectivity index (χ2v) is 6.40. The highest BCUT2D eigenvalue weighted by Crippen LogP contribution is 2.33. The van der Waals surface area contributed by atoms with Gasteiger partial charge in [-0.15, -0.1) is 24.0 Å². The van der Waals surface area contributed by atoms with Crippen LogP contribution in [0.3, 0.4) is 0 Å². The first-order valence-electron chi connectivity index (χ1n) is 7.89. The summed E-state index contributed by atoms with van der Waals surface area (Å²) >= 11 is 11.9. The first kappa shape index (κ1) is 25.9. The Balaban J connectivity index is 0.00000676. The molecular formula is C16H23Cl2F2IN4O2. The topological polar surface area (TPSA) is 74.8 Å². The number of nitrogens with one attached hydrogen (secondary N) is 3. The lowest BCUT2D eigenvalue weighted by Gasteiger charge is -2.16. The molecule has 0 aliphatic rings. The maximum atomic E-state index is 12.6. The zero-order chi connectivity index (χ0) is 19.7. The van der Waals surface area contributed by atoms with Gasteiger partial charge in [-0.05, 0) is 12.1 Å². The fourth-order valence-electron chi connectivity index (χ4n) is 1.94. The molecule has 0 spiro atoms. The van der Waals surface area contributed by atoms with Gasteiger partial charge in [0.2, 0.25) is 5.91 Å². The molecule has 1 aromatic carbocycles. The minimum atomic E-state index is -3.01. The average molecular weight is 539 g/mol. The minimum Gasteiger partial charge on any atom is -0.433 e. The standard InChI is InChI=1S/C16H22Cl2F2N4O2.HI/c1-9(2)14(25)22-4-5-23-16(21-3)24-8-10-6-11(17)7-12(18)13(10)26-15(19)20;/h6-7,9,15H,4-5,8H2,1-3H3,(H,22,25)(H2,21,23,24);1H. The van der Waals surface area contributed by atoms with Crippen LogP contribution in [0.4, 0.5) is 8.78 Å². The summed E-state index contributed by atoms with van der Waals surface area (Å²) in [5.74, 6) is 0.145. The van der Waals surface area contributed by atoms with E-state index in [2.05, 4.69) is 25.7 Å². The van der Waals surface area contributed by atoms with Crippen molar-refractivity contribution in [3.63, 3.8) is 0 Å². The molecule has 1 rings (SSSR count). The van der Waals surface area contributed by atoms with Crippen LogP contribution in [0.15, 0.2) is 17.1 Å². The van der Waals surface area contributed by atoms with Crippen LogP contribution in [0.1, 0.15) is 19.4 Å². The Hall–Kier alpha value is -1.07.